The van der Waals surface area contributed by atoms with Gasteiger partial charge in [0.1, 0.15) is 12.3 Å². The first-order chi connectivity index (χ1) is 10.2. The van der Waals surface area contributed by atoms with E-state index in [-0.39, 0.29) is 6.61 Å². The molecule has 0 saturated carbocycles. The Hall–Kier alpha value is -2.40. The summed E-state index contributed by atoms with van der Waals surface area (Å²) < 4.78 is 15.6. The summed E-state index contributed by atoms with van der Waals surface area (Å²) in [4.78, 5) is 16.2. The van der Waals surface area contributed by atoms with E-state index in [1.165, 1.54) is 26.0 Å². The molecular formula is C13H13N3O4S. The Labute approximate surface area is 125 Å². The number of nitriles is 1. The monoisotopic (exact) mass is 307 g/mol. The van der Waals surface area contributed by atoms with Gasteiger partial charge in [-0.1, -0.05) is 11.8 Å². The van der Waals surface area contributed by atoms with E-state index in [2.05, 4.69) is 10.3 Å². The molecule has 1 aromatic rings. The van der Waals surface area contributed by atoms with E-state index in [0.717, 1.165) is 0 Å². The third-order valence-electron chi connectivity index (χ3n) is 2.86. The number of carbonyl (C=O) groups excluding carboxylic acids is 1. The first-order valence-electron chi connectivity index (χ1n) is 5.89. The largest absolute Gasteiger partial charge is 0.493 e. The molecule has 1 aliphatic rings. The van der Waals surface area contributed by atoms with Crippen LogP contribution < -0.4 is 14.8 Å². The van der Waals surface area contributed by atoms with Crippen LogP contribution in [0, 0.1) is 11.5 Å². The van der Waals surface area contributed by atoms with E-state index in [0.29, 0.717) is 33.5 Å². The SMILES string of the molecule is COc1cc2c(c(N=C(NC#N)SC)c1OC)C(=O)OC2. The summed E-state index contributed by atoms with van der Waals surface area (Å²) in [6.07, 6.45) is 3.55. The number of hydrogen-bond donors (Lipinski definition) is 1. The topological polar surface area (TPSA) is 92.9 Å². The van der Waals surface area contributed by atoms with Crippen LogP contribution in [0.15, 0.2) is 11.1 Å². The number of nitrogens with one attached hydrogen (secondary N) is 1. The maximum Gasteiger partial charge on any atom is 0.341 e. The molecule has 0 saturated heterocycles. The van der Waals surface area contributed by atoms with Gasteiger partial charge < -0.3 is 14.2 Å². The lowest BCUT2D eigenvalue weighted by atomic mass is 10.1. The maximum absolute atomic E-state index is 11.9. The number of cyclic esters (lactones) is 1. The number of fused-ring (bicyclic) bond motifs is 1. The number of hydrogen-bond acceptors (Lipinski definition) is 7. The molecule has 0 bridgehead atoms. The van der Waals surface area contributed by atoms with Crippen LogP contribution in [0.5, 0.6) is 11.5 Å². The standard InChI is InChI=1S/C13H13N3O4S/c1-18-8-4-7-5-20-12(17)9(7)10(11(8)19-2)16-13(21-3)15-6-14/h4H,5H2,1-3H3,(H,15,16). The van der Waals surface area contributed by atoms with Gasteiger partial charge in [0, 0.05) is 5.56 Å². The second kappa shape index (κ2) is 6.37. The molecule has 0 aromatic heterocycles. The minimum Gasteiger partial charge on any atom is -0.493 e. The zero-order chi connectivity index (χ0) is 15.4. The fourth-order valence-electron chi connectivity index (χ4n) is 1.96. The third kappa shape index (κ3) is 2.73. The molecule has 7 nitrogen and oxygen atoms in total. The van der Waals surface area contributed by atoms with Crippen molar-refractivity contribution in [3.63, 3.8) is 0 Å². The molecular weight excluding hydrogens is 294 g/mol. The molecule has 1 heterocycles. The second-order valence-corrected chi connectivity index (χ2v) is 4.72. The molecule has 2 rings (SSSR count). The highest BCUT2D eigenvalue weighted by molar-refractivity contribution is 8.13. The van der Waals surface area contributed by atoms with Crippen molar-refractivity contribution in [3.05, 3.63) is 17.2 Å². The van der Waals surface area contributed by atoms with Crippen LogP contribution in [0.25, 0.3) is 0 Å². The number of amidine groups is 1. The molecule has 0 radical (unpaired) electrons. The molecule has 0 spiro atoms. The molecule has 110 valence electrons. The molecule has 1 aliphatic heterocycles. The molecule has 0 unspecified atom stereocenters. The normalized spacial score (nSPS) is 13.2. The van der Waals surface area contributed by atoms with E-state index in [1.807, 2.05) is 0 Å². The fourth-order valence-corrected chi connectivity index (χ4v) is 2.30. The van der Waals surface area contributed by atoms with Crippen LogP contribution in [0.4, 0.5) is 5.69 Å². The quantitative estimate of drug-likeness (QED) is 0.299. The van der Waals surface area contributed by atoms with Crippen molar-refractivity contribution in [3.8, 4) is 17.7 Å². The van der Waals surface area contributed by atoms with E-state index < -0.39 is 5.97 Å². The Balaban J connectivity index is 2.70. The number of benzene rings is 1. The first kappa shape index (κ1) is 15.0. The number of thioether (sulfide) groups is 1. The van der Waals surface area contributed by atoms with Gasteiger partial charge in [0.25, 0.3) is 0 Å². The number of ether oxygens (including phenoxy) is 3. The van der Waals surface area contributed by atoms with Gasteiger partial charge in [-0.15, -0.1) is 0 Å². The van der Waals surface area contributed by atoms with Crippen molar-refractivity contribution in [2.24, 2.45) is 4.99 Å². The molecule has 0 atom stereocenters. The van der Waals surface area contributed by atoms with Crippen LogP contribution in [0.2, 0.25) is 0 Å². The highest BCUT2D eigenvalue weighted by atomic mass is 32.2. The molecule has 0 aliphatic carbocycles. The summed E-state index contributed by atoms with van der Waals surface area (Å²) in [6, 6.07) is 1.69. The van der Waals surface area contributed by atoms with Gasteiger partial charge in [-0.25, -0.2) is 9.79 Å². The predicted octanol–water partition coefficient (Wildman–Crippen LogP) is 1.80. The number of methoxy groups -OCH3 is 2. The average molecular weight is 307 g/mol. The van der Waals surface area contributed by atoms with Gasteiger partial charge in [-0.3, -0.25) is 5.32 Å². The van der Waals surface area contributed by atoms with Gasteiger partial charge in [-0.05, 0) is 12.3 Å². The highest BCUT2D eigenvalue weighted by Gasteiger charge is 2.30. The van der Waals surface area contributed by atoms with E-state index in [4.69, 9.17) is 19.5 Å². The second-order valence-electron chi connectivity index (χ2n) is 3.93. The van der Waals surface area contributed by atoms with Crippen molar-refractivity contribution in [2.75, 3.05) is 20.5 Å². The minimum atomic E-state index is -0.470. The summed E-state index contributed by atoms with van der Waals surface area (Å²) in [6.45, 7) is 0.164. The van der Waals surface area contributed by atoms with E-state index >= 15 is 0 Å². The van der Waals surface area contributed by atoms with Crippen LogP contribution in [-0.4, -0.2) is 31.6 Å². The first-order valence-corrected chi connectivity index (χ1v) is 7.11. The zero-order valence-corrected chi connectivity index (χ0v) is 12.5. The Kier molecular flexibility index (Phi) is 4.55. The summed E-state index contributed by atoms with van der Waals surface area (Å²) >= 11 is 1.24. The maximum atomic E-state index is 11.9. The minimum absolute atomic E-state index is 0.164. The highest BCUT2D eigenvalue weighted by Crippen LogP contribution is 2.44. The summed E-state index contributed by atoms with van der Waals surface area (Å²) in [5, 5.41) is 11.5. The molecule has 0 fully saturated rings. The molecule has 0 amide bonds. The fraction of sp³-hybridized carbons (Fsp3) is 0.308. The van der Waals surface area contributed by atoms with Crippen LogP contribution in [0.1, 0.15) is 15.9 Å². The summed E-state index contributed by atoms with van der Waals surface area (Å²) in [5.74, 6) is 0.300. The third-order valence-corrected chi connectivity index (χ3v) is 3.44. The van der Waals surface area contributed by atoms with Crippen LogP contribution >= 0.6 is 11.8 Å². The van der Waals surface area contributed by atoms with Crippen molar-refractivity contribution in [2.45, 2.75) is 6.61 Å². The number of esters is 1. The zero-order valence-electron chi connectivity index (χ0n) is 11.7. The lowest BCUT2D eigenvalue weighted by molar-refractivity contribution is 0.0535. The van der Waals surface area contributed by atoms with E-state index in [9.17, 15) is 4.79 Å². The lowest BCUT2D eigenvalue weighted by Gasteiger charge is -2.13. The average Bonchev–Trinajstić information content (AvgIpc) is 2.87. The predicted molar refractivity (Wildman–Crippen MR) is 78.0 cm³/mol. The van der Waals surface area contributed by atoms with E-state index in [1.54, 1.807) is 18.5 Å². The van der Waals surface area contributed by atoms with Gasteiger partial charge in [-0.2, -0.15) is 5.26 Å². The summed E-state index contributed by atoms with van der Waals surface area (Å²) in [7, 11) is 2.96. The van der Waals surface area contributed by atoms with Crippen molar-refractivity contribution >= 4 is 28.6 Å². The molecule has 1 N–H and O–H groups in total. The smallest absolute Gasteiger partial charge is 0.341 e. The number of carbonyl (C=O) groups is 1. The Bertz CT molecular complexity index is 652. The molecule has 1 aromatic carbocycles. The van der Waals surface area contributed by atoms with Crippen molar-refractivity contribution in [1.29, 1.82) is 5.26 Å². The van der Waals surface area contributed by atoms with Gasteiger partial charge in [0.2, 0.25) is 0 Å². The van der Waals surface area contributed by atoms with Gasteiger partial charge >= 0.3 is 5.97 Å². The number of nitrogens with zero attached hydrogens (tertiary/aromatic N) is 2. The molecule has 8 heteroatoms. The van der Waals surface area contributed by atoms with Crippen LogP contribution in [0.3, 0.4) is 0 Å². The van der Waals surface area contributed by atoms with Crippen LogP contribution in [-0.2, 0) is 11.3 Å². The van der Waals surface area contributed by atoms with Gasteiger partial charge in [0.15, 0.2) is 22.9 Å². The Morgan fingerprint density at radius 2 is 2.29 bits per heavy atom. The Morgan fingerprint density at radius 1 is 1.52 bits per heavy atom. The van der Waals surface area contributed by atoms with Gasteiger partial charge in [0.05, 0.1) is 19.8 Å². The van der Waals surface area contributed by atoms with Crippen molar-refractivity contribution < 1.29 is 19.0 Å². The number of rotatable bonds is 3. The number of aliphatic imine (C=N–C) groups is 1. The molecule has 21 heavy (non-hydrogen) atoms. The van der Waals surface area contributed by atoms with Crippen molar-refractivity contribution in [1.82, 2.24) is 5.32 Å². The lowest BCUT2D eigenvalue weighted by Crippen LogP contribution is -2.13. The summed E-state index contributed by atoms with van der Waals surface area (Å²) in [5.41, 5.74) is 1.30. The Morgan fingerprint density at radius 3 is 2.86 bits per heavy atom.